The molecule has 0 spiro atoms. The summed E-state index contributed by atoms with van der Waals surface area (Å²) in [7, 11) is 1.54. The molecule has 1 amide bonds. The van der Waals surface area contributed by atoms with Gasteiger partial charge >= 0.3 is 0 Å². The van der Waals surface area contributed by atoms with E-state index in [1.807, 2.05) is 60.7 Å². The van der Waals surface area contributed by atoms with Crippen molar-refractivity contribution in [2.45, 2.75) is 4.75 Å². The Labute approximate surface area is 266 Å². The van der Waals surface area contributed by atoms with Gasteiger partial charge in [-0.1, -0.05) is 109 Å². The van der Waals surface area contributed by atoms with E-state index in [4.69, 9.17) is 22.8 Å². The summed E-state index contributed by atoms with van der Waals surface area (Å²) in [5.41, 5.74) is 4.56. The molecule has 0 atom stereocenters. The monoisotopic (exact) mass is 619 g/mol. The number of aromatic nitrogens is 3. The second-order valence-electron chi connectivity index (χ2n) is 9.65. The van der Waals surface area contributed by atoms with Gasteiger partial charge in [-0.2, -0.15) is 5.10 Å². The predicted molar refractivity (Wildman–Crippen MR) is 179 cm³/mol. The molecule has 0 fully saturated rings. The molecule has 0 unspecified atom stereocenters. The predicted octanol–water partition coefficient (Wildman–Crippen LogP) is 6.66. The number of pyridine rings is 1. The van der Waals surface area contributed by atoms with Crippen molar-refractivity contribution in [2.75, 3.05) is 31.0 Å². The summed E-state index contributed by atoms with van der Waals surface area (Å²) in [6, 6.07) is 34.4. The zero-order valence-electron chi connectivity index (χ0n) is 24.1. The van der Waals surface area contributed by atoms with Crippen LogP contribution in [-0.2, 0) is 14.3 Å². The maximum atomic E-state index is 14.3. The van der Waals surface area contributed by atoms with Gasteiger partial charge in [0.15, 0.2) is 5.15 Å². The molecule has 5 rings (SSSR count). The lowest BCUT2D eigenvalue weighted by molar-refractivity contribution is -0.112. The fraction of sp³-hybridized carbons (Fsp3) is 0.143. The number of benzene rings is 3. The molecule has 0 aliphatic rings. The highest BCUT2D eigenvalue weighted by Gasteiger charge is 2.38. The lowest BCUT2D eigenvalue weighted by atomic mass is 9.84. The van der Waals surface area contributed by atoms with Crippen LogP contribution in [0.25, 0.3) is 5.69 Å². The third-order valence-corrected chi connectivity index (χ3v) is 8.77. The zero-order valence-corrected chi connectivity index (χ0v) is 25.7. The van der Waals surface area contributed by atoms with E-state index in [9.17, 15) is 4.79 Å². The third kappa shape index (κ3) is 6.61. The maximum Gasteiger partial charge on any atom is 0.274 e. The molecular weight excluding hydrogens is 590 g/mol. The molecule has 7 nitrogen and oxygen atoms in total. The van der Waals surface area contributed by atoms with Gasteiger partial charge in [-0.05, 0) is 28.8 Å². The number of halogens is 1. The number of nitrogens with zero attached hydrogens (tertiary/aromatic N) is 5. The number of anilines is 1. The van der Waals surface area contributed by atoms with Crippen molar-refractivity contribution in [3.63, 3.8) is 0 Å². The summed E-state index contributed by atoms with van der Waals surface area (Å²) in [6.07, 6.45) is 10.7. The minimum atomic E-state index is -0.655. The summed E-state index contributed by atoms with van der Waals surface area (Å²) < 4.78 is 6.19. The van der Waals surface area contributed by atoms with Gasteiger partial charge in [0.1, 0.15) is 18.1 Å². The minimum absolute atomic E-state index is 0.00319. The zero-order chi connectivity index (χ0) is 30.8. The van der Waals surface area contributed by atoms with Crippen molar-refractivity contribution >= 4 is 40.7 Å². The number of amides is 1. The van der Waals surface area contributed by atoms with Gasteiger partial charge in [0.2, 0.25) is 0 Å². The molecule has 2 aromatic heterocycles. The number of hydrogen-bond acceptors (Lipinski definition) is 6. The molecule has 0 bridgehead atoms. The fourth-order valence-electron chi connectivity index (χ4n) is 4.92. The van der Waals surface area contributed by atoms with E-state index in [-0.39, 0.29) is 35.8 Å². The lowest BCUT2D eigenvalue weighted by Gasteiger charge is -2.35. The summed E-state index contributed by atoms with van der Waals surface area (Å²) in [4.78, 5) is 24.4. The molecule has 0 N–H and O–H groups in total. The number of carbonyl (C=O) groups is 1. The number of ether oxygens (including phenoxy) is 1. The average Bonchev–Trinajstić information content (AvgIpc) is 3.47. The Balaban J connectivity index is 1.56. The van der Waals surface area contributed by atoms with Crippen molar-refractivity contribution in [1.82, 2.24) is 14.8 Å². The first-order valence-electron chi connectivity index (χ1n) is 13.8. The molecule has 0 aliphatic carbocycles. The van der Waals surface area contributed by atoms with Crippen molar-refractivity contribution < 1.29 is 9.53 Å². The summed E-state index contributed by atoms with van der Waals surface area (Å²) in [5.74, 6) is 2.45. The largest absolute Gasteiger partial charge is 0.363 e. The quantitative estimate of drug-likeness (QED) is 0.0887. The number of hydrogen-bond donors (Lipinski definition) is 0. The Morgan fingerprint density at radius 1 is 0.977 bits per heavy atom. The highest BCUT2D eigenvalue weighted by Crippen LogP contribution is 2.48. The van der Waals surface area contributed by atoms with Crippen molar-refractivity contribution in [3.05, 3.63) is 144 Å². The Kier molecular flexibility index (Phi) is 10.3. The molecule has 5 aromatic rings. The Morgan fingerprint density at radius 2 is 1.57 bits per heavy atom. The van der Waals surface area contributed by atoms with Crippen molar-refractivity contribution in [2.24, 2.45) is 4.99 Å². The van der Waals surface area contributed by atoms with Crippen LogP contribution in [0.3, 0.4) is 0 Å². The number of thioether (sulfide) groups is 1. The van der Waals surface area contributed by atoms with Gasteiger partial charge in [0.05, 0.1) is 29.4 Å². The van der Waals surface area contributed by atoms with Gasteiger partial charge < -0.3 is 4.74 Å². The van der Waals surface area contributed by atoms with Crippen LogP contribution in [0.1, 0.15) is 16.7 Å². The minimum Gasteiger partial charge on any atom is -0.363 e. The van der Waals surface area contributed by atoms with E-state index in [0.717, 1.165) is 16.7 Å². The van der Waals surface area contributed by atoms with E-state index in [1.165, 1.54) is 12.0 Å². The van der Waals surface area contributed by atoms with E-state index in [2.05, 4.69) is 57.4 Å². The second-order valence-corrected chi connectivity index (χ2v) is 11.2. The molecule has 220 valence electrons. The van der Waals surface area contributed by atoms with E-state index < -0.39 is 4.75 Å². The maximum absolute atomic E-state index is 14.3. The van der Waals surface area contributed by atoms with E-state index in [0.29, 0.717) is 11.4 Å². The SMILES string of the molecule is C#CCN(C(=O)C(CSC(c1ccccc1)(c1ccccc1)c1ccccc1)=NCOC)c1cn(-c2cccnc2)nc1Cl. The Morgan fingerprint density at radius 3 is 2.07 bits per heavy atom. The molecule has 0 radical (unpaired) electrons. The molecular formula is C35H30ClN5O2S. The molecule has 9 heteroatoms. The van der Waals surface area contributed by atoms with Crippen LogP contribution in [0.4, 0.5) is 5.69 Å². The van der Waals surface area contributed by atoms with Gasteiger partial charge in [-0.15, -0.1) is 18.2 Å². The van der Waals surface area contributed by atoms with Crippen molar-refractivity contribution in [1.29, 1.82) is 0 Å². The van der Waals surface area contributed by atoms with Gasteiger partial charge in [-0.3, -0.25) is 19.7 Å². The van der Waals surface area contributed by atoms with Crippen LogP contribution in [0.2, 0.25) is 5.15 Å². The van der Waals surface area contributed by atoms with Gasteiger partial charge in [0, 0.05) is 19.1 Å². The molecule has 0 aliphatic heterocycles. The van der Waals surface area contributed by atoms with Gasteiger partial charge in [0.25, 0.3) is 5.91 Å². The van der Waals surface area contributed by atoms with Crippen LogP contribution in [0.15, 0.2) is 127 Å². The summed E-state index contributed by atoms with van der Waals surface area (Å²) in [5, 5.41) is 4.53. The van der Waals surface area contributed by atoms with Crippen LogP contribution in [0, 0.1) is 12.3 Å². The van der Waals surface area contributed by atoms with Gasteiger partial charge in [-0.25, -0.2) is 4.68 Å². The van der Waals surface area contributed by atoms with E-state index in [1.54, 1.807) is 41.1 Å². The smallest absolute Gasteiger partial charge is 0.274 e. The van der Waals surface area contributed by atoms with E-state index >= 15 is 0 Å². The standard InChI is InChI=1S/C35H30ClN5O2S/c1-3-22-40(32-24-41(39-33(32)36)30-20-13-21-37-23-30)34(42)31(38-26-43-2)25-44-35(27-14-7-4-8-15-27,28-16-9-5-10-17-28)29-18-11-6-12-19-29/h1,4-21,23-24H,22,25-26H2,2H3. The third-order valence-electron chi connectivity index (χ3n) is 6.94. The molecule has 3 aromatic carbocycles. The number of methoxy groups -OCH3 is 1. The van der Waals surface area contributed by atoms with Crippen LogP contribution in [0.5, 0.6) is 0 Å². The average molecular weight is 620 g/mol. The number of terminal acetylenes is 1. The van der Waals surface area contributed by atoms with Crippen LogP contribution >= 0.6 is 23.4 Å². The summed E-state index contributed by atoms with van der Waals surface area (Å²) in [6.45, 7) is -0.0294. The molecule has 44 heavy (non-hydrogen) atoms. The Bertz CT molecular complexity index is 1640. The highest BCUT2D eigenvalue weighted by molar-refractivity contribution is 8.01. The second kappa shape index (κ2) is 14.7. The first-order valence-corrected chi connectivity index (χ1v) is 15.2. The van der Waals surface area contributed by atoms with Crippen LogP contribution < -0.4 is 4.90 Å². The first-order chi connectivity index (χ1) is 21.6. The van der Waals surface area contributed by atoms with Crippen molar-refractivity contribution in [3.8, 4) is 18.0 Å². The Hall–Kier alpha value is -4.68. The topological polar surface area (TPSA) is 72.6 Å². The van der Waals surface area contributed by atoms with Crippen LogP contribution in [-0.4, -0.2) is 52.5 Å². The number of rotatable bonds is 12. The number of carbonyl (C=O) groups excluding carboxylic acids is 1. The fourth-order valence-corrected chi connectivity index (χ4v) is 6.63. The lowest BCUT2D eigenvalue weighted by Crippen LogP contribution is -2.39. The normalized spacial score (nSPS) is 11.6. The molecule has 2 heterocycles. The highest BCUT2D eigenvalue weighted by atomic mass is 35.5. The molecule has 0 saturated carbocycles. The summed E-state index contributed by atoms with van der Waals surface area (Å²) >= 11 is 8.19. The first kappa shape index (κ1) is 30.8. The number of aliphatic imine (C=N–C) groups is 1. The molecule has 0 saturated heterocycles.